The minimum atomic E-state index is -0.0460. The average Bonchev–Trinajstić information content (AvgIpc) is 2.26. The fraction of sp³-hybridized carbons (Fsp3) is 0.357. The minimum absolute atomic E-state index is 0.0460. The predicted octanol–water partition coefficient (Wildman–Crippen LogP) is 3.00. The van der Waals surface area contributed by atoms with Crippen molar-refractivity contribution in [2.24, 2.45) is 5.73 Å². The molecule has 1 atom stereocenters. The third kappa shape index (κ3) is 4.41. The number of allylic oxidation sites excluding steroid dienone is 1. The van der Waals surface area contributed by atoms with Crippen LogP contribution in [0.25, 0.3) is 0 Å². The summed E-state index contributed by atoms with van der Waals surface area (Å²) in [4.78, 5) is 11.5. The second kappa shape index (κ2) is 6.23. The summed E-state index contributed by atoms with van der Waals surface area (Å²) in [6, 6.07) is 9.83. The standard InChI is InChI=1S/C14H19NO/c1-11(2)10-13(16)8-9-14(15)12-6-4-3-5-7-12/h3-7,14H,1,8-10,15H2,2H3. The summed E-state index contributed by atoms with van der Waals surface area (Å²) in [5.41, 5.74) is 8.00. The fourth-order valence-electron chi connectivity index (χ4n) is 1.61. The molecular formula is C14H19NO. The largest absolute Gasteiger partial charge is 0.324 e. The van der Waals surface area contributed by atoms with Crippen molar-refractivity contribution >= 4 is 5.78 Å². The van der Waals surface area contributed by atoms with Crippen LogP contribution in [0.5, 0.6) is 0 Å². The van der Waals surface area contributed by atoms with Gasteiger partial charge in [0, 0.05) is 18.9 Å². The lowest BCUT2D eigenvalue weighted by Gasteiger charge is -2.11. The fourth-order valence-corrected chi connectivity index (χ4v) is 1.61. The molecule has 1 unspecified atom stereocenters. The zero-order valence-electron chi connectivity index (χ0n) is 9.78. The smallest absolute Gasteiger partial charge is 0.136 e. The van der Waals surface area contributed by atoms with Crippen LogP contribution in [0.3, 0.4) is 0 Å². The van der Waals surface area contributed by atoms with E-state index in [4.69, 9.17) is 5.73 Å². The van der Waals surface area contributed by atoms with Crippen molar-refractivity contribution in [2.45, 2.75) is 32.2 Å². The van der Waals surface area contributed by atoms with E-state index in [0.717, 1.165) is 11.1 Å². The number of Topliss-reactive ketones (excluding diaryl/α,β-unsaturated/α-hetero) is 1. The summed E-state index contributed by atoms with van der Waals surface area (Å²) in [7, 11) is 0. The van der Waals surface area contributed by atoms with E-state index in [-0.39, 0.29) is 11.8 Å². The number of benzene rings is 1. The monoisotopic (exact) mass is 217 g/mol. The van der Waals surface area contributed by atoms with Crippen LogP contribution in [0.2, 0.25) is 0 Å². The van der Waals surface area contributed by atoms with Gasteiger partial charge in [-0.2, -0.15) is 0 Å². The molecule has 86 valence electrons. The molecule has 0 aliphatic carbocycles. The highest BCUT2D eigenvalue weighted by atomic mass is 16.1. The molecule has 0 saturated carbocycles. The number of ketones is 1. The molecule has 1 aromatic carbocycles. The third-order valence-electron chi connectivity index (χ3n) is 2.46. The summed E-state index contributed by atoms with van der Waals surface area (Å²) in [5.74, 6) is 0.221. The second-order valence-electron chi connectivity index (χ2n) is 4.23. The van der Waals surface area contributed by atoms with Gasteiger partial charge in [0.25, 0.3) is 0 Å². The molecule has 16 heavy (non-hydrogen) atoms. The Kier molecular flexibility index (Phi) is 4.93. The van der Waals surface area contributed by atoms with E-state index in [2.05, 4.69) is 6.58 Å². The Morgan fingerprint density at radius 1 is 1.38 bits per heavy atom. The lowest BCUT2D eigenvalue weighted by atomic mass is 10.00. The van der Waals surface area contributed by atoms with Gasteiger partial charge in [-0.25, -0.2) is 0 Å². The highest BCUT2D eigenvalue weighted by molar-refractivity contribution is 5.80. The van der Waals surface area contributed by atoms with Crippen molar-refractivity contribution in [3.63, 3.8) is 0 Å². The highest BCUT2D eigenvalue weighted by Gasteiger charge is 2.08. The molecule has 0 heterocycles. The van der Waals surface area contributed by atoms with Crippen LogP contribution < -0.4 is 5.73 Å². The minimum Gasteiger partial charge on any atom is -0.324 e. The molecule has 0 amide bonds. The van der Waals surface area contributed by atoms with Gasteiger partial charge < -0.3 is 5.73 Å². The third-order valence-corrected chi connectivity index (χ3v) is 2.46. The summed E-state index contributed by atoms with van der Waals surface area (Å²) in [6.45, 7) is 5.60. The van der Waals surface area contributed by atoms with Crippen molar-refractivity contribution in [1.29, 1.82) is 0 Å². The van der Waals surface area contributed by atoms with Gasteiger partial charge in [-0.1, -0.05) is 42.5 Å². The van der Waals surface area contributed by atoms with Crippen LogP contribution in [0, 0.1) is 0 Å². The lowest BCUT2D eigenvalue weighted by molar-refractivity contribution is -0.118. The number of nitrogens with two attached hydrogens (primary N) is 1. The van der Waals surface area contributed by atoms with Crippen molar-refractivity contribution in [1.82, 2.24) is 0 Å². The number of hydrogen-bond acceptors (Lipinski definition) is 2. The number of carbonyl (C=O) groups is 1. The molecule has 0 bridgehead atoms. The molecule has 0 spiro atoms. The normalized spacial score (nSPS) is 12.1. The predicted molar refractivity (Wildman–Crippen MR) is 67.0 cm³/mol. The molecule has 0 aliphatic heterocycles. The number of carbonyl (C=O) groups excluding carboxylic acids is 1. The summed E-state index contributed by atoms with van der Waals surface area (Å²) in [6.07, 6.45) is 1.71. The van der Waals surface area contributed by atoms with E-state index in [1.165, 1.54) is 0 Å². The molecule has 0 radical (unpaired) electrons. The van der Waals surface area contributed by atoms with E-state index in [1.807, 2.05) is 37.3 Å². The Bertz CT molecular complexity index is 356. The van der Waals surface area contributed by atoms with Gasteiger partial charge in [-0.05, 0) is 18.9 Å². The zero-order chi connectivity index (χ0) is 12.0. The van der Waals surface area contributed by atoms with E-state index in [0.29, 0.717) is 19.3 Å². The highest BCUT2D eigenvalue weighted by Crippen LogP contribution is 2.16. The first-order valence-electron chi connectivity index (χ1n) is 5.56. The number of hydrogen-bond donors (Lipinski definition) is 1. The molecule has 2 heteroatoms. The van der Waals surface area contributed by atoms with Crippen LogP contribution in [0.1, 0.15) is 37.8 Å². The molecule has 0 saturated heterocycles. The van der Waals surface area contributed by atoms with Crippen molar-refractivity contribution < 1.29 is 4.79 Å². The lowest BCUT2D eigenvalue weighted by Crippen LogP contribution is -2.12. The maximum Gasteiger partial charge on any atom is 0.136 e. The molecule has 0 aliphatic rings. The van der Waals surface area contributed by atoms with Crippen molar-refractivity contribution in [2.75, 3.05) is 0 Å². The van der Waals surface area contributed by atoms with Gasteiger partial charge in [0.2, 0.25) is 0 Å². The molecule has 2 N–H and O–H groups in total. The first-order valence-corrected chi connectivity index (χ1v) is 5.56. The van der Waals surface area contributed by atoms with Crippen LogP contribution >= 0.6 is 0 Å². The maximum atomic E-state index is 11.5. The van der Waals surface area contributed by atoms with Crippen molar-refractivity contribution in [3.05, 3.63) is 48.0 Å². The molecular weight excluding hydrogens is 198 g/mol. The molecule has 0 aromatic heterocycles. The second-order valence-corrected chi connectivity index (χ2v) is 4.23. The van der Waals surface area contributed by atoms with Gasteiger partial charge in [0.15, 0.2) is 0 Å². The Hall–Kier alpha value is -1.41. The van der Waals surface area contributed by atoms with Gasteiger partial charge in [-0.3, -0.25) is 4.79 Å². The Labute approximate surface area is 97.2 Å². The van der Waals surface area contributed by atoms with E-state index < -0.39 is 0 Å². The average molecular weight is 217 g/mol. The van der Waals surface area contributed by atoms with Crippen LogP contribution in [-0.4, -0.2) is 5.78 Å². The van der Waals surface area contributed by atoms with E-state index in [1.54, 1.807) is 0 Å². The zero-order valence-corrected chi connectivity index (χ0v) is 9.78. The Morgan fingerprint density at radius 3 is 2.56 bits per heavy atom. The summed E-state index contributed by atoms with van der Waals surface area (Å²) >= 11 is 0. The maximum absolute atomic E-state index is 11.5. The molecule has 1 rings (SSSR count). The first-order chi connectivity index (χ1) is 7.59. The quantitative estimate of drug-likeness (QED) is 0.744. The van der Waals surface area contributed by atoms with E-state index in [9.17, 15) is 4.79 Å². The van der Waals surface area contributed by atoms with Gasteiger partial charge >= 0.3 is 0 Å². The van der Waals surface area contributed by atoms with Crippen LogP contribution in [-0.2, 0) is 4.79 Å². The Morgan fingerprint density at radius 2 is 2.00 bits per heavy atom. The van der Waals surface area contributed by atoms with Gasteiger partial charge in [0.05, 0.1) is 0 Å². The van der Waals surface area contributed by atoms with Crippen LogP contribution in [0.15, 0.2) is 42.5 Å². The molecule has 2 nitrogen and oxygen atoms in total. The SMILES string of the molecule is C=C(C)CC(=O)CCC(N)c1ccccc1. The number of rotatable bonds is 6. The first kappa shape index (κ1) is 12.7. The molecule has 1 aromatic rings. The van der Waals surface area contributed by atoms with Gasteiger partial charge in [0.1, 0.15) is 5.78 Å². The van der Waals surface area contributed by atoms with E-state index >= 15 is 0 Å². The van der Waals surface area contributed by atoms with Crippen molar-refractivity contribution in [3.8, 4) is 0 Å². The molecule has 0 fully saturated rings. The Balaban J connectivity index is 2.39. The summed E-state index contributed by atoms with van der Waals surface area (Å²) < 4.78 is 0. The topological polar surface area (TPSA) is 43.1 Å². The van der Waals surface area contributed by atoms with Gasteiger partial charge in [-0.15, -0.1) is 0 Å². The summed E-state index contributed by atoms with van der Waals surface area (Å²) in [5, 5.41) is 0. The van der Waals surface area contributed by atoms with Crippen LogP contribution in [0.4, 0.5) is 0 Å².